The molecule has 0 saturated heterocycles. The second-order valence-corrected chi connectivity index (χ2v) is 0.998. The van der Waals surface area contributed by atoms with E-state index in [-0.39, 0.29) is 51.4 Å². The van der Waals surface area contributed by atoms with Crippen molar-refractivity contribution in [2.75, 3.05) is 13.6 Å². The summed E-state index contributed by atoms with van der Waals surface area (Å²) >= 11 is 0. The smallest absolute Gasteiger partial charge is 0.542 e. The second-order valence-electron chi connectivity index (χ2n) is 0.998. The number of hydrogen-bond donors (Lipinski definition) is 1. The molecule has 0 spiro atoms. The van der Waals surface area contributed by atoms with Crippen molar-refractivity contribution in [3.05, 3.63) is 0 Å². The standard InChI is InChI=1S/C4H8NO.K/c1-5-3-2-4-6;/h5H,2-3H2,1H3;/q-1;+1. The molecule has 0 aromatic heterocycles. The molecule has 36 valence electrons. The molecule has 0 atom stereocenters. The van der Waals surface area contributed by atoms with E-state index in [1.807, 2.05) is 0 Å². The van der Waals surface area contributed by atoms with Crippen LogP contribution in [0.4, 0.5) is 0 Å². The predicted molar refractivity (Wildman–Crippen MR) is 24.2 cm³/mol. The molecule has 0 unspecified atom stereocenters. The van der Waals surface area contributed by atoms with Crippen molar-refractivity contribution in [3.8, 4) is 0 Å². The van der Waals surface area contributed by atoms with Gasteiger partial charge in [-0.25, -0.2) is 0 Å². The van der Waals surface area contributed by atoms with Gasteiger partial charge in [0.2, 0.25) is 0 Å². The van der Waals surface area contributed by atoms with Crippen LogP contribution in [0, 0.1) is 0 Å². The molecule has 1 N–H and O–H groups in total. The Kier molecular flexibility index (Phi) is 16.3. The van der Waals surface area contributed by atoms with Crippen LogP contribution in [-0.4, -0.2) is 19.9 Å². The molecule has 0 aliphatic rings. The maximum absolute atomic E-state index is 9.40. The first kappa shape index (κ1) is 11.1. The minimum Gasteiger partial charge on any atom is -0.542 e. The average Bonchev–Trinajstić information content (AvgIpc) is 1.61. The molecule has 0 aromatic carbocycles. The summed E-state index contributed by atoms with van der Waals surface area (Å²) in [5.74, 6) is 0. The quantitative estimate of drug-likeness (QED) is 0.243. The minimum absolute atomic E-state index is 0. The van der Waals surface area contributed by atoms with Crippen LogP contribution in [0.25, 0.3) is 0 Å². The van der Waals surface area contributed by atoms with Gasteiger partial charge in [-0.3, -0.25) is 6.29 Å². The van der Waals surface area contributed by atoms with E-state index in [1.165, 1.54) is 0 Å². The Labute approximate surface area is 86.5 Å². The van der Waals surface area contributed by atoms with Gasteiger partial charge < -0.3 is 10.1 Å². The maximum Gasteiger partial charge on any atom is 1.00 e. The zero-order valence-electron chi connectivity index (χ0n) is 4.82. The fraction of sp³-hybridized carbons (Fsp3) is 0.750. The largest absolute Gasteiger partial charge is 1.00 e. The summed E-state index contributed by atoms with van der Waals surface area (Å²) in [4.78, 5) is 9.40. The molecule has 0 aromatic rings. The van der Waals surface area contributed by atoms with E-state index in [4.69, 9.17) is 0 Å². The van der Waals surface area contributed by atoms with Crippen molar-refractivity contribution in [1.29, 1.82) is 0 Å². The minimum atomic E-state index is 0. The number of nitrogens with one attached hydrogen (secondary N) is 1. The van der Waals surface area contributed by atoms with Crippen molar-refractivity contribution in [1.82, 2.24) is 5.32 Å². The zero-order chi connectivity index (χ0) is 4.83. The summed E-state index contributed by atoms with van der Waals surface area (Å²) in [6.45, 7) is 0.740. The van der Waals surface area contributed by atoms with E-state index in [0.29, 0.717) is 6.42 Å². The van der Waals surface area contributed by atoms with Crippen LogP contribution in [-0.2, 0) is 4.79 Å². The third-order valence-electron chi connectivity index (χ3n) is 0.477. The Morgan fingerprint density at radius 3 is 2.43 bits per heavy atom. The van der Waals surface area contributed by atoms with E-state index in [0.717, 1.165) is 6.54 Å². The third-order valence-corrected chi connectivity index (χ3v) is 0.477. The summed E-state index contributed by atoms with van der Waals surface area (Å²) in [5.41, 5.74) is 0. The molecule has 0 aliphatic heterocycles. The molecule has 0 bridgehead atoms. The molecule has 7 heavy (non-hydrogen) atoms. The molecule has 0 rings (SSSR count). The van der Waals surface area contributed by atoms with Crippen LogP contribution < -0.4 is 56.7 Å². The predicted octanol–water partition coefficient (Wildman–Crippen LogP) is -3.29. The van der Waals surface area contributed by atoms with Gasteiger partial charge >= 0.3 is 51.4 Å². The monoisotopic (exact) mass is 125 g/mol. The summed E-state index contributed by atoms with van der Waals surface area (Å²) in [6.07, 6.45) is 2.25. The van der Waals surface area contributed by atoms with Crippen LogP contribution in [0.3, 0.4) is 0 Å². The molecule has 0 amide bonds. The van der Waals surface area contributed by atoms with Gasteiger partial charge in [-0.15, -0.1) is 6.42 Å². The van der Waals surface area contributed by atoms with Gasteiger partial charge in [0.05, 0.1) is 0 Å². The second kappa shape index (κ2) is 10.3. The molecular formula is C4H8KNO. The fourth-order valence-corrected chi connectivity index (χ4v) is 0.176. The Hall–Kier alpha value is 1.27. The van der Waals surface area contributed by atoms with Gasteiger partial charge in [-0.1, -0.05) is 0 Å². The molecule has 0 radical (unpaired) electrons. The van der Waals surface area contributed by atoms with E-state index >= 15 is 0 Å². The summed E-state index contributed by atoms with van der Waals surface area (Å²) in [6, 6.07) is 0. The van der Waals surface area contributed by atoms with Gasteiger partial charge in [-0.05, 0) is 13.6 Å². The summed E-state index contributed by atoms with van der Waals surface area (Å²) in [7, 11) is 1.80. The van der Waals surface area contributed by atoms with Crippen LogP contribution >= 0.6 is 0 Å². The van der Waals surface area contributed by atoms with E-state index in [9.17, 15) is 4.79 Å². The third kappa shape index (κ3) is 11.1. The first-order valence-corrected chi connectivity index (χ1v) is 1.91. The number of hydrogen-bond acceptors (Lipinski definition) is 2. The molecule has 0 fully saturated rings. The fourth-order valence-electron chi connectivity index (χ4n) is 0.176. The van der Waals surface area contributed by atoms with Crippen LogP contribution in [0.1, 0.15) is 6.42 Å². The maximum atomic E-state index is 9.40. The molecule has 0 aliphatic carbocycles. The number of carbonyl (C=O) groups excluding carboxylic acids is 1. The molecular weight excluding hydrogens is 117 g/mol. The van der Waals surface area contributed by atoms with E-state index < -0.39 is 0 Å². The van der Waals surface area contributed by atoms with E-state index in [2.05, 4.69) is 5.32 Å². The van der Waals surface area contributed by atoms with Crippen LogP contribution in [0.5, 0.6) is 0 Å². The molecule has 0 saturated carbocycles. The van der Waals surface area contributed by atoms with Crippen molar-refractivity contribution in [3.63, 3.8) is 0 Å². The zero-order valence-corrected chi connectivity index (χ0v) is 7.95. The Balaban J connectivity index is 0. The van der Waals surface area contributed by atoms with Crippen molar-refractivity contribution in [2.45, 2.75) is 6.42 Å². The van der Waals surface area contributed by atoms with Crippen LogP contribution in [0.2, 0.25) is 0 Å². The Morgan fingerprint density at radius 2 is 2.29 bits per heavy atom. The van der Waals surface area contributed by atoms with Gasteiger partial charge in [0.15, 0.2) is 0 Å². The summed E-state index contributed by atoms with van der Waals surface area (Å²) in [5, 5.41) is 2.81. The normalized spacial score (nSPS) is 7.00. The van der Waals surface area contributed by atoms with Crippen molar-refractivity contribution < 1.29 is 56.2 Å². The first-order valence-electron chi connectivity index (χ1n) is 1.91. The van der Waals surface area contributed by atoms with Gasteiger partial charge in [0, 0.05) is 0 Å². The van der Waals surface area contributed by atoms with Gasteiger partial charge in [-0.2, -0.15) is 0 Å². The first-order chi connectivity index (χ1) is 2.91. The number of rotatable bonds is 3. The Morgan fingerprint density at radius 1 is 1.71 bits per heavy atom. The van der Waals surface area contributed by atoms with Crippen molar-refractivity contribution >= 4 is 6.29 Å². The van der Waals surface area contributed by atoms with Crippen LogP contribution in [0.15, 0.2) is 0 Å². The van der Waals surface area contributed by atoms with Gasteiger partial charge in [0.1, 0.15) is 0 Å². The molecule has 0 heterocycles. The average molecular weight is 125 g/mol. The SMILES string of the molecule is CNCC[C-]=O.[K+]. The van der Waals surface area contributed by atoms with E-state index in [1.54, 1.807) is 13.3 Å². The van der Waals surface area contributed by atoms with Crippen molar-refractivity contribution in [2.24, 2.45) is 0 Å². The molecule has 2 nitrogen and oxygen atoms in total. The van der Waals surface area contributed by atoms with Gasteiger partial charge in [0.25, 0.3) is 0 Å². The summed E-state index contributed by atoms with van der Waals surface area (Å²) < 4.78 is 0. The molecule has 3 heteroatoms. The topological polar surface area (TPSA) is 29.1 Å². The Bertz CT molecular complexity index is 40.7.